The molecule has 3 amide bonds. The van der Waals surface area contributed by atoms with Gasteiger partial charge in [0.2, 0.25) is 17.8 Å². The van der Waals surface area contributed by atoms with Crippen molar-refractivity contribution in [3.05, 3.63) is 52.1 Å². The molecule has 0 radical (unpaired) electrons. The lowest BCUT2D eigenvalue weighted by atomic mass is 10.1. The van der Waals surface area contributed by atoms with E-state index >= 15 is 0 Å². The largest absolute Gasteiger partial charge is 0.379 e. The molecule has 0 saturated carbocycles. The van der Waals surface area contributed by atoms with Crippen molar-refractivity contribution in [2.45, 2.75) is 25.4 Å². The van der Waals surface area contributed by atoms with Crippen LogP contribution in [0.5, 0.6) is 0 Å². The highest BCUT2D eigenvalue weighted by Gasteiger charge is 2.22. The zero-order valence-electron chi connectivity index (χ0n) is 20.6. The van der Waals surface area contributed by atoms with E-state index in [2.05, 4.69) is 41.2 Å². The summed E-state index contributed by atoms with van der Waals surface area (Å²) >= 11 is 0. The summed E-state index contributed by atoms with van der Waals surface area (Å²) in [6, 6.07) is 5.62. The number of rotatable bonds is 13. The molecule has 1 unspecified atom stereocenters. The van der Waals surface area contributed by atoms with E-state index in [1.807, 2.05) is 0 Å². The van der Waals surface area contributed by atoms with Gasteiger partial charge in [-0.05, 0) is 30.7 Å². The van der Waals surface area contributed by atoms with Crippen LogP contribution in [0.15, 0.2) is 35.3 Å². The van der Waals surface area contributed by atoms with Crippen LogP contribution in [0, 0.1) is 0 Å². The molecule has 3 rings (SSSR count). The van der Waals surface area contributed by atoms with E-state index in [0.29, 0.717) is 30.0 Å². The number of nitrogens with zero attached hydrogens (tertiary/aromatic N) is 3. The van der Waals surface area contributed by atoms with E-state index in [9.17, 15) is 19.2 Å². The number of benzene rings is 1. The predicted octanol–water partition coefficient (Wildman–Crippen LogP) is -2.06. The van der Waals surface area contributed by atoms with Gasteiger partial charge >= 0.3 is 0 Å². The van der Waals surface area contributed by atoms with Crippen molar-refractivity contribution in [3.63, 3.8) is 0 Å². The molecule has 0 aliphatic rings. The van der Waals surface area contributed by atoms with Gasteiger partial charge in [0.1, 0.15) is 6.04 Å². The number of fused-ring (bicyclic) bond motifs is 1. The molecule has 3 aromatic rings. The lowest BCUT2D eigenvalue weighted by Gasteiger charge is -2.18. The molecule has 38 heavy (non-hydrogen) atoms. The Labute approximate surface area is 217 Å². The highest BCUT2D eigenvalue weighted by molar-refractivity contribution is 5.98. The summed E-state index contributed by atoms with van der Waals surface area (Å²) in [7, 11) is 0. The average Bonchev–Trinajstić information content (AvgIpc) is 2.91. The number of carbonyl (C=O) groups excluding carboxylic acids is 3. The zero-order chi connectivity index (χ0) is 27.5. The molecule has 11 N–H and O–H groups in total. The van der Waals surface area contributed by atoms with Gasteiger partial charge in [0.25, 0.3) is 11.5 Å². The Morgan fingerprint density at radius 1 is 1.00 bits per heavy atom. The second-order valence-corrected chi connectivity index (χ2v) is 8.20. The Morgan fingerprint density at radius 2 is 1.71 bits per heavy atom. The molecule has 0 saturated heterocycles. The molecule has 0 spiro atoms. The van der Waals surface area contributed by atoms with E-state index in [0.717, 1.165) is 0 Å². The summed E-state index contributed by atoms with van der Waals surface area (Å²) in [4.78, 5) is 63.9. The van der Waals surface area contributed by atoms with E-state index < -0.39 is 23.4 Å². The fraction of sp³-hybridized carbons (Fsp3) is 0.348. The van der Waals surface area contributed by atoms with Crippen LogP contribution in [0.25, 0.3) is 11.2 Å². The molecule has 2 heterocycles. The van der Waals surface area contributed by atoms with Crippen molar-refractivity contribution in [3.8, 4) is 0 Å². The molecule has 202 valence electrons. The fourth-order valence-electron chi connectivity index (χ4n) is 3.39. The summed E-state index contributed by atoms with van der Waals surface area (Å²) in [5, 5.41) is 11.1. The van der Waals surface area contributed by atoms with Crippen LogP contribution in [0.4, 0.5) is 11.6 Å². The predicted molar refractivity (Wildman–Crippen MR) is 141 cm³/mol. The van der Waals surface area contributed by atoms with Gasteiger partial charge in [0.15, 0.2) is 11.2 Å². The normalized spacial score (nSPS) is 11.5. The van der Waals surface area contributed by atoms with Gasteiger partial charge in [-0.1, -0.05) is 0 Å². The van der Waals surface area contributed by atoms with Gasteiger partial charge < -0.3 is 38.5 Å². The van der Waals surface area contributed by atoms with Crippen LogP contribution in [0.1, 0.15) is 28.9 Å². The second kappa shape index (κ2) is 13.6. The first-order chi connectivity index (χ1) is 18.3. The summed E-state index contributed by atoms with van der Waals surface area (Å²) in [6.07, 6.45) is 1.63. The quantitative estimate of drug-likeness (QED) is 0.120. The van der Waals surface area contributed by atoms with E-state index in [-0.39, 0.29) is 55.5 Å². The van der Waals surface area contributed by atoms with Crippen molar-refractivity contribution in [1.82, 2.24) is 35.9 Å². The molecule has 15 heteroatoms. The van der Waals surface area contributed by atoms with E-state index in [1.54, 1.807) is 24.3 Å². The fourth-order valence-corrected chi connectivity index (χ4v) is 3.39. The Kier molecular flexibility index (Phi) is 10.0. The lowest BCUT2D eigenvalue weighted by molar-refractivity contribution is -0.124. The van der Waals surface area contributed by atoms with Crippen molar-refractivity contribution in [2.75, 3.05) is 37.2 Å². The smallest absolute Gasteiger partial charge is 0.280 e. The van der Waals surface area contributed by atoms with Crippen LogP contribution < -0.4 is 44.0 Å². The molecule has 0 bridgehead atoms. The Bertz CT molecular complexity index is 1330. The summed E-state index contributed by atoms with van der Waals surface area (Å²) in [6.45, 7) is 1.37. The molecule has 1 aromatic carbocycles. The van der Waals surface area contributed by atoms with Crippen molar-refractivity contribution >= 4 is 40.5 Å². The number of anilines is 2. The number of nitrogens with one attached hydrogen (secondary N) is 5. The minimum atomic E-state index is -0.921. The minimum Gasteiger partial charge on any atom is -0.379 e. The highest BCUT2D eigenvalue weighted by Crippen LogP contribution is 2.12. The average molecular weight is 526 g/mol. The third-order valence-electron chi connectivity index (χ3n) is 5.30. The van der Waals surface area contributed by atoms with Gasteiger partial charge in [-0.25, -0.2) is 9.97 Å². The number of nitrogen functional groups attached to an aromatic ring is 1. The second-order valence-electron chi connectivity index (χ2n) is 8.20. The third kappa shape index (κ3) is 7.94. The number of carbonyl (C=O) groups is 3. The molecule has 0 aliphatic heterocycles. The van der Waals surface area contributed by atoms with Gasteiger partial charge in [-0.2, -0.15) is 4.98 Å². The summed E-state index contributed by atoms with van der Waals surface area (Å²) in [5.74, 6) is -1.21. The van der Waals surface area contributed by atoms with Crippen molar-refractivity contribution < 1.29 is 14.4 Å². The van der Waals surface area contributed by atoms with Crippen LogP contribution >= 0.6 is 0 Å². The molecule has 0 aliphatic carbocycles. The first-order valence-electron chi connectivity index (χ1n) is 11.9. The van der Waals surface area contributed by atoms with Gasteiger partial charge in [0.05, 0.1) is 18.4 Å². The number of hydrogen-bond acceptors (Lipinski definition) is 11. The first-order valence-corrected chi connectivity index (χ1v) is 11.9. The Morgan fingerprint density at radius 3 is 2.42 bits per heavy atom. The SMILES string of the molecule is NCCNC(=O)CCC(NC(=O)c1ccc(NCc2cnc3nc(N)[nH]c(=O)c3n2)cc1)C(=O)NCCN. The topological polar surface area (TPSA) is 249 Å². The van der Waals surface area contributed by atoms with Gasteiger partial charge in [-0.15, -0.1) is 0 Å². The van der Waals surface area contributed by atoms with Crippen LogP contribution in [0.2, 0.25) is 0 Å². The molecule has 1 atom stereocenters. The maximum atomic E-state index is 12.8. The molecule has 2 aromatic heterocycles. The maximum Gasteiger partial charge on any atom is 0.280 e. The van der Waals surface area contributed by atoms with Crippen LogP contribution in [-0.4, -0.2) is 69.9 Å². The standard InChI is InChI=1S/C23H31N11O4/c24-7-9-27-17(35)6-5-16(21(37)28-10-8-25)32-20(36)13-1-3-14(4-2-13)29-11-15-12-30-19-18(31-15)22(38)34-23(26)33-19/h1-4,12,16,29H,5-11,24-25H2,(H,27,35)(H,28,37)(H,32,36)(H3,26,30,33,34,38). The Balaban J connectivity index is 1.60. The number of hydrogen-bond donors (Lipinski definition) is 8. The Hall–Kier alpha value is -4.63. The first kappa shape index (κ1) is 27.9. The van der Waals surface area contributed by atoms with Crippen molar-refractivity contribution in [1.29, 1.82) is 0 Å². The molecule has 15 nitrogen and oxygen atoms in total. The van der Waals surface area contributed by atoms with Gasteiger partial charge in [0, 0.05) is 43.9 Å². The monoisotopic (exact) mass is 525 g/mol. The van der Waals surface area contributed by atoms with Crippen LogP contribution in [-0.2, 0) is 16.1 Å². The number of aromatic amines is 1. The summed E-state index contributed by atoms with van der Waals surface area (Å²) in [5.41, 5.74) is 17.6. The minimum absolute atomic E-state index is 0.0385. The van der Waals surface area contributed by atoms with Crippen molar-refractivity contribution in [2.24, 2.45) is 11.5 Å². The third-order valence-corrected chi connectivity index (χ3v) is 5.30. The number of amides is 3. The van der Waals surface area contributed by atoms with Crippen LogP contribution in [0.3, 0.4) is 0 Å². The molecular weight excluding hydrogens is 494 g/mol. The van der Waals surface area contributed by atoms with E-state index in [1.165, 1.54) is 6.20 Å². The van der Waals surface area contributed by atoms with Gasteiger partial charge in [-0.3, -0.25) is 24.2 Å². The zero-order valence-corrected chi connectivity index (χ0v) is 20.6. The molecular formula is C23H31N11O4. The number of aromatic nitrogens is 4. The number of H-pyrrole nitrogens is 1. The number of nitrogens with two attached hydrogens (primary N) is 3. The lowest BCUT2D eigenvalue weighted by Crippen LogP contribution is -2.48. The maximum absolute atomic E-state index is 12.8. The highest BCUT2D eigenvalue weighted by atomic mass is 16.2. The summed E-state index contributed by atoms with van der Waals surface area (Å²) < 4.78 is 0. The molecule has 0 fully saturated rings. The van der Waals surface area contributed by atoms with E-state index in [4.69, 9.17) is 17.2 Å².